The summed E-state index contributed by atoms with van der Waals surface area (Å²) in [5.74, 6) is -0.153. The van der Waals surface area contributed by atoms with Gasteiger partial charge in [-0.15, -0.1) is 0 Å². The highest BCUT2D eigenvalue weighted by atomic mass is 16.5. The van der Waals surface area contributed by atoms with E-state index in [1.165, 1.54) is 0 Å². The van der Waals surface area contributed by atoms with Crippen molar-refractivity contribution in [1.82, 2.24) is 4.90 Å². The molecule has 32 heavy (non-hydrogen) atoms. The second kappa shape index (κ2) is 10.1. The molecule has 2 atom stereocenters. The molecule has 1 aliphatic rings. The van der Waals surface area contributed by atoms with Crippen molar-refractivity contribution in [2.75, 3.05) is 23.8 Å². The fraction of sp³-hybridized carbons (Fsp3) is 0.200. The van der Waals surface area contributed by atoms with Crippen molar-refractivity contribution in [1.29, 1.82) is 0 Å². The van der Waals surface area contributed by atoms with Gasteiger partial charge in [0.2, 0.25) is 5.91 Å². The smallest absolute Gasteiger partial charge is 0.323 e. The number of aliphatic hydroxyl groups excluding tert-OH is 1. The zero-order chi connectivity index (χ0) is 22.3. The van der Waals surface area contributed by atoms with Gasteiger partial charge in [0, 0.05) is 17.9 Å². The van der Waals surface area contributed by atoms with E-state index in [0.717, 1.165) is 11.1 Å². The van der Waals surface area contributed by atoms with Crippen molar-refractivity contribution in [2.24, 2.45) is 0 Å². The normalized spacial score (nSPS) is 18.3. The average Bonchev–Trinajstić information content (AvgIpc) is 2.82. The molecule has 3 aromatic rings. The summed E-state index contributed by atoms with van der Waals surface area (Å²) in [5.41, 5.74) is 3.13. The number of rotatable bonds is 6. The zero-order valence-corrected chi connectivity index (χ0v) is 17.5. The maximum Gasteiger partial charge on any atom is 0.323 e. The van der Waals surface area contributed by atoms with Crippen LogP contribution in [0.15, 0.2) is 84.9 Å². The molecule has 7 heteroatoms. The maximum atomic E-state index is 12.5. The van der Waals surface area contributed by atoms with Crippen LogP contribution in [-0.2, 0) is 16.1 Å². The van der Waals surface area contributed by atoms with Gasteiger partial charge in [0.1, 0.15) is 12.7 Å². The molecule has 3 aromatic carbocycles. The predicted molar refractivity (Wildman–Crippen MR) is 122 cm³/mol. The number of carbonyl (C=O) groups is 2. The van der Waals surface area contributed by atoms with E-state index in [0.29, 0.717) is 17.9 Å². The second-order valence-corrected chi connectivity index (χ2v) is 7.56. The summed E-state index contributed by atoms with van der Waals surface area (Å²) in [5, 5.41) is 15.6. The molecule has 0 unspecified atom stereocenters. The van der Waals surface area contributed by atoms with E-state index in [-0.39, 0.29) is 25.2 Å². The topological polar surface area (TPSA) is 90.9 Å². The van der Waals surface area contributed by atoms with Gasteiger partial charge in [-0.3, -0.25) is 4.79 Å². The van der Waals surface area contributed by atoms with Crippen LogP contribution in [-0.4, -0.2) is 41.2 Å². The number of hydrogen-bond acceptors (Lipinski definition) is 4. The number of morpholine rings is 1. The number of ether oxygens (including phenoxy) is 1. The lowest BCUT2D eigenvalue weighted by Gasteiger charge is -2.40. The summed E-state index contributed by atoms with van der Waals surface area (Å²) in [6, 6.07) is 25.2. The number of para-hydroxylation sites is 1. The molecule has 1 aliphatic heterocycles. The predicted octanol–water partition coefficient (Wildman–Crippen LogP) is 3.79. The molecule has 1 heterocycles. The molecular weight excluding hydrogens is 406 g/mol. The van der Waals surface area contributed by atoms with E-state index in [9.17, 15) is 14.7 Å². The Hall–Kier alpha value is -3.68. The van der Waals surface area contributed by atoms with Crippen LogP contribution < -0.4 is 10.6 Å². The molecule has 3 N–H and O–H groups in total. The van der Waals surface area contributed by atoms with Crippen LogP contribution in [0.4, 0.5) is 16.2 Å². The monoisotopic (exact) mass is 431 g/mol. The van der Waals surface area contributed by atoms with Gasteiger partial charge in [0.05, 0.1) is 12.6 Å². The number of benzene rings is 3. The van der Waals surface area contributed by atoms with Gasteiger partial charge in [-0.05, 0) is 35.4 Å². The van der Waals surface area contributed by atoms with E-state index in [2.05, 4.69) is 10.6 Å². The number of nitrogens with one attached hydrogen (secondary N) is 2. The number of urea groups is 1. The van der Waals surface area contributed by atoms with E-state index in [1.54, 1.807) is 29.2 Å². The molecule has 4 rings (SSSR count). The number of anilines is 2. The summed E-state index contributed by atoms with van der Waals surface area (Å²) in [4.78, 5) is 26.4. The van der Waals surface area contributed by atoms with Gasteiger partial charge >= 0.3 is 6.03 Å². The Balaban J connectivity index is 1.44. The Morgan fingerprint density at radius 2 is 1.50 bits per heavy atom. The summed E-state index contributed by atoms with van der Waals surface area (Å²) >= 11 is 0. The van der Waals surface area contributed by atoms with E-state index in [1.807, 2.05) is 60.7 Å². The minimum absolute atomic E-state index is 0.0481. The molecule has 1 saturated heterocycles. The third-order valence-electron chi connectivity index (χ3n) is 5.37. The van der Waals surface area contributed by atoms with Crippen LogP contribution >= 0.6 is 0 Å². The van der Waals surface area contributed by atoms with Gasteiger partial charge in [0.25, 0.3) is 0 Å². The molecule has 0 bridgehead atoms. The number of carbonyl (C=O) groups excluding carboxylic acids is 2. The number of hydrogen-bond donors (Lipinski definition) is 3. The first-order chi connectivity index (χ1) is 15.6. The van der Waals surface area contributed by atoms with E-state index in [4.69, 9.17) is 4.74 Å². The first kappa shape index (κ1) is 21.5. The standard InChI is InChI=1S/C25H25N3O4/c29-16-22-24(32-17-23(30)28(22)15-18-7-3-1-4-8-18)19-11-13-21(14-12-19)27-25(31)26-20-9-5-2-6-10-20/h1-14,22,24,29H,15-17H2,(H2,26,27,31)/t22-,24-/m1/s1. The third kappa shape index (κ3) is 5.14. The largest absolute Gasteiger partial charge is 0.394 e. The van der Waals surface area contributed by atoms with Crippen LogP contribution in [0.3, 0.4) is 0 Å². The Bertz CT molecular complexity index is 1040. The number of aliphatic hydroxyl groups is 1. The molecule has 0 saturated carbocycles. The summed E-state index contributed by atoms with van der Waals surface area (Å²) in [6.07, 6.45) is -0.464. The minimum atomic E-state index is -0.503. The van der Waals surface area contributed by atoms with Gasteiger partial charge in [-0.25, -0.2) is 4.79 Å². The average molecular weight is 431 g/mol. The molecule has 7 nitrogen and oxygen atoms in total. The molecule has 0 aliphatic carbocycles. The van der Waals surface area contributed by atoms with Crippen molar-refractivity contribution in [3.63, 3.8) is 0 Å². The molecule has 0 aromatic heterocycles. The lowest BCUT2D eigenvalue weighted by molar-refractivity contribution is -0.162. The minimum Gasteiger partial charge on any atom is -0.394 e. The van der Waals surface area contributed by atoms with Crippen LogP contribution in [0.1, 0.15) is 17.2 Å². The summed E-state index contributed by atoms with van der Waals surface area (Å²) < 4.78 is 5.80. The quantitative estimate of drug-likeness (QED) is 0.554. The Morgan fingerprint density at radius 3 is 2.12 bits per heavy atom. The highest BCUT2D eigenvalue weighted by molar-refractivity contribution is 5.99. The number of amides is 3. The van der Waals surface area contributed by atoms with Crippen molar-refractivity contribution >= 4 is 23.3 Å². The zero-order valence-electron chi connectivity index (χ0n) is 17.5. The Kier molecular flexibility index (Phi) is 6.79. The highest BCUT2D eigenvalue weighted by Gasteiger charge is 2.37. The fourth-order valence-electron chi connectivity index (χ4n) is 3.77. The van der Waals surface area contributed by atoms with Gasteiger partial charge in [-0.2, -0.15) is 0 Å². The van der Waals surface area contributed by atoms with Crippen LogP contribution in [0.25, 0.3) is 0 Å². The molecule has 3 amide bonds. The highest BCUT2D eigenvalue weighted by Crippen LogP contribution is 2.31. The molecule has 1 fully saturated rings. The summed E-state index contributed by atoms with van der Waals surface area (Å²) in [7, 11) is 0. The van der Waals surface area contributed by atoms with Crippen LogP contribution in [0, 0.1) is 0 Å². The van der Waals surface area contributed by atoms with E-state index >= 15 is 0 Å². The van der Waals surface area contributed by atoms with Crippen molar-refractivity contribution in [3.8, 4) is 0 Å². The molecule has 164 valence electrons. The maximum absolute atomic E-state index is 12.5. The van der Waals surface area contributed by atoms with E-state index < -0.39 is 12.1 Å². The lowest BCUT2D eigenvalue weighted by atomic mass is 9.98. The Morgan fingerprint density at radius 1 is 0.906 bits per heavy atom. The SMILES string of the molecule is O=C(Nc1ccccc1)Nc1ccc([C@H]2OCC(=O)N(Cc3ccccc3)[C@@H]2CO)cc1. The summed E-state index contributed by atoms with van der Waals surface area (Å²) in [6.45, 7) is 0.139. The van der Waals surface area contributed by atoms with Gasteiger partial charge in [0.15, 0.2) is 0 Å². The molecule has 0 radical (unpaired) electrons. The fourth-order valence-corrected chi connectivity index (χ4v) is 3.77. The van der Waals surface area contributed by atoms with Crippen molar-refractivity contribution in [3.05, 3.63) is 96.1 Å². The third-order valence-corrected chi connectivity index (χ3v) is 5.37. The van der Waals surface area contributed by atoms with Gasteiger partial charge in [-0.1, -0.05) is 60.7 Å². The second-order valence-electron chi connectivity index (χ2n) is 7.56. The van der Waals surface area contributed by atoms with Gasteiger partial charge < -0.3 is 25.4 Å². The van der Waals surface area contributed by atoms with Crippen LogP contribution in [0.2, 0.25) is 0 Å². The molecule has 0 spiro atoms. The number of nitrogens with zero attached hydrogens (tertiary/aromatic N) is 1. The lowest BCUT2D eigenvalue weighted by Crippen LogP contribution is -2.52. The molecular formula is C25H25N3O4. The Labute approximate surface area is 186 Å². The van der Waals surface area contributed by atoms with Crippen molar-refractivity contribution in [2.45, 2.75) is 18.7 Å². The first-order valence-corrected chi connectivity index (χ1v) is 10.4. The first-order valence-electron chi connectivity index (χ1n) is 10.4. The van der Waals surface area contributed by atoms with Crippen LogP contribution in [0.5, 0.6) is 0 Å². The van der Waals surface area contributed by atoms with Crippen molar-refractivity contribution < 1.29 is 19.4 Å².